The molecule has 2 fully saturated rings. The summed E-state index contributed by atoms with van der Waals surface area (Å²) < 4.78 is 6.68. The zero-order valence-corrected chi connectivity index (χ0v) is 14.4. The monoisotopic (exact) mass is 333 g/mol. The average Bonchev–Trinajstić information content (AvgIpc) is 3.00. The second kappa shape index (κ2) is 6.68. The normalized spacial score (nSPS) is 21.2. The quantitative estimate of drug-likeness (QED) is 0.843. The summed E-state index contributed by atoms with van der Waals surface area (Å²) in [5, 5.41) is 0. The van der Waals surface area contributed by atoms with Gasteiger partial charge in [0.1, 0.15) is 12.1 Å². The molecule has 2 saturated heterocycles. The number of aromatic nitrogens is 2. The summed E-state index contributed by atoms with van der Waals surface area (Å²) in [7, 11) is 2.20. The van der Waals surface area contributed by atoms with Crippen LogP contribution in [-0.2, 0) is 11.3 Å². The van der Waals surface area contributed by atoms with Gasteiger partial charge in [0, 0.05) is 50.7 Å². The van der Waals surface area contributed by atoms with Gasteiger partial charge < -0.3 is 14.5 Å². The van der Waals surface area contributed by atoms with Crippen LogP contribution in [0.5, 0.6) is 0 Å². The number of anilines is 1. The van der Waals surface area contributed by atoms with E-state index in [1.54, 1.807) is 6.33 Å². The van der Waals surface area contributed by atoms with Crippen LogP contribution in [0.15, 0.2) is 12.4 Å². The molecule has 0 spiro atoms. The number of fused-ring (bicyclic) bond motifs is 1. The average molecular weight is 333 g/mol. The van der Waals surface area contributed by atoms with E-state index in [9.17, 15) is 0 Å². The molecular weight excluding hydrogens is 310 g/mol. The number of hydrogen-bond acceptors (Lipinski definition) is 7. The minimum absolute atomic E-state index is 0.783. The van der Waals surface area contributed by atoms with Gasteiger partial charge in [0.25, 0.3) is 0 Å². The molecule has 0 aliphatic carbocycles. The SMILES string of the molecule is CN1CCN(Cc2cc3ncnc(N4CCOCC4)c3s2)CC1. The van der Waals surface area contributed by atoms with Crippen molar-refractivity contribution in [2.75, 3.05) is 64.4 Å². The van der Waals surface area contributed by atoms with Crippen LogP contribution in [0.4, 0.5) is 5.82 Å². The lowest BCUT2D eigenvalue weighted by Gasteiger charge is -2.31. The van der Waals surface area contributed by atoms with Gasteiger partial charge in [0.2, 0.25) is 0 Å². The molecule has 0 aromatic carbocycles. The van der Waals surface area contributed by atoms with Crippen LogP contribution >= 0.6 is 11.3 Å². The summed E-state index contributed by atoms with van der Waals surface area (Å²) in [6, 6.07) is 2.24. The Balaban J connectivity index is 1.55. The molecule has 0 amide bonds. The summed E-state index contributed by atoms with van der Waals surface area (Å²) in [5.41, 5.74) is 1.08. The van der Waals surface area contributed by atoms with E-state index in [4.69, 9.17) is 4.74 Å². The van der Waals surface area contributed by atoms with Crippen LogP contribution in [0, 0.1) is 0 Å². The third kappa shape index (κ3) is 3.33. The molecule has 0 atom stereocenters. The van der Waals surface area contributed by atoms with Crippen molar-refractivity contribution in [1.82, 2.24) is 19.8 Å². The van der Waals surface area contributed by atoms with E-state index in [0.29, 0.717) is 0 Å². The molecule has 0 saturated carbocycles. The molecule has 4 rings (SSSR count). The van der Waals surface area contributed by atoms with Gasteiger partial charge in [0.05, 0.1) is 23.4 Å². The summed E-state index contributed by atoms with van der Waals surface area (Å²) in [5.74, 6) is 1.08. The number of morpholine rings is 1. The predicted octanol–water partition coefficient (Wildman–Crippen LogP) is 1.28. The number of nitrogens with zero attached hydrogens (tertiary/aromatic N) is 5. The topological polar surface area (TPSA) is 44.7 Å². The molecule has 2 aliphatic rings. The highest BCUT2D eigenvalue weighted by atomic mass is 32.1. The Morgan fingerprint density at radius 2 is 1.87 bits per heavy atom. The van der Waals surface area contributed by atoms with Crippen molar-refractivity contribution in [3.8, 4) is 0 Å². The molecular formula is C16H23N5OS. The van der Waals surface area contributed by atoms with E-state index in [0.717, 1.165) is 70.4 Å². The molecule has 7 heteroatoms. The van der Waals surface area contributed by atoms with Crippen LogP contribution in [0.3, 0.4) is 0 Å². The van der Waals surface area contributed by atoms with Crippen molar-refractivity contribution < 1.29 is 4.74 Å². The molecule has 6 nitrogen and oxygen atoms in total. The maximum atomic E-state index is 5.46. The van der Waals surface area contributed by atoms with E-state index in [2.05, 4.69) is 37.8 Å². The third-order valence-corrected chi connectivity index (χ3v) is 5.73. The Bertz CT molecular complexity index is 662. The number of thiophene rings is 1. The fourth-order valence-corrected chi connectivity index (χ4v) is 4.37. The van der Waals surface area contributed by atoms with Crippen LogP contribution < -0.4 is 4.90 Å². The second-order valence-electron chi connectivity index (χ2n) is 6.30. The predicted molar refractivity (Wildman–Crippen MR) is 93.2 cm³/mol. The Hall–Kier alpha value is -1.28. The molecule has 4 heterocycles. The molecule has 2 aliphatic heterocycles. The second-order valence-corrected chi connectivity index (χ2v) is 7.44. The Kier molecular flexibility index (Phi) is 4.43. The molecule has 2 aromatic heterocycles. The van der Waals surface area contributed by atoms with Crippen molar-refractivity contribution in [2.24, 2.45) is 0 Å². The van der Waals surface area contributed by atoms with E-state index >= 15 is 0 Å². The summed E-state index contributed by atoms with van der Waals surface area (Å²) in [6.07, 6.45) is 1.69. The molecule has 0 bridgehead atoms. The number of likely N-dealkylation sites (N-methyl/N-ethyl adjacent to an activating group) is 1. The zero-order chi connectivity index (χ0) is 15.6. The molecule has 0 unspecified atom stereocenters. The fraction of sp³-hybridized carbons (Fsp3) is 0.625. The van der Waals surface area contributed by atoms with E-state index in [1.165, 1.54) is 9.58 Å². The zero-order valence-electron chi connectivity index (χ0n) is 13.6. The highest BCUT2D eigenvalue weighted by Gasteiger charge is 2.19. The van der Waals surface area contributed by atoms with Crippen molar-refractivity contribution in [3.05, 3.63) is 17.3 Å². The van der Waals surface area contributed by atoms with Gasteiger partial charge in [-0.15, -0.1) is 11.3 Å². The molecule has 0 N–H and O–H groups in total. The summed E-state index contributed by atoms with van der Waals surface area (Å²) >= 11 is 1.85. The number of ether oxygens (including phenoxy) is 1. The van der Waals surface area contributed by atoms with Crippen LogP contribution in [-0.4, -0.2) is 79.3 Å². The Morgan fingerprint density at radius 3 is 2.65 bits per heavy atom. The van der Waals surface area contributed by atoms with Gasteiger partial charge in [0.15, 0.2) is 0 Å². The maximum absolute atomic E-state index is 5.46. The highest BCUT2D eigenvalue weighted by Crippen LogP contribution is 2.32. The van der Waals surface area contributed by atoms with Gasteiger partial charge in [-0.25, -0.2) is 9.97 Å². The first-order valence-electron chi connectivity index (χ1n) is 8.26. The van der Waals surface area contributed by atoms with Crippen molar-refractivity contribution in [2.45, 2.75) is 6.54 Å². The third-order valence-electron chi connectivity index (χ3n) is 4.63. The van der Waals surface area contributed by atoms with E-state index in [-0.39, 0.29) is 0 Å². The minimum atomic E-state index is 0.783. The number of piperazine rings is 1. The lowest BCUT2D eigenvalue weighted by molar-refractivity contribution is 0.122. The summed E-state index contributed by atoms with van der Waals surface area (Å²) in [4.78, 5) is 17.7. The summed E-state index contributed by atoms with van der Waals surface area (Å²) in [6.45, 7) is 9.02. The van der Waals surface area contributed by atoms with Crippen LogP contribution in [0.2, 0.25) is 0 Å². The Labute approximate surface area is 140 Å². The standard InChI is InChI=1S/C16H23N5OS/c1-19-2-4-20(5-3-19)11-13-10-14-15(23-13)16(18-12-17-14)21-6-8-22-9-7-21/h10,12H,2-9,11H2,1H3. The number of rotatable bonds is 3. The van der Waals surface area contributed by atoms with Gasteiger partial charge >= 0.3 is 0 Å². The lowest BCUT2D eigenvalue weighted by Crippen LogP contribution is -2.43. The maximum Gasteiger partial charge on any atom is 0.150 e. The first-order valence-corrected chi connectivity index (χ1v) is 9.08. The van der Waals surface area contributed by atoms with E-state index in [1.807, 2.05) is 11.3 Å². The van der Waals surface area contributed by atoms with Crippen molar-refractivity contribution >= 4 is 27.4 Å². The number of hydrogen-bond donors (Lipinski definition) is 0. The van der Waals surface area contributed by atoms with Gasteiger partial charge in [-0.05, 0) is 13.1 Å². The molecule has 0 radical (unpaired) electrons. The molecule has 2 aromatic rings. The van der Waals surface area contributed by atoms with Gasteiger partial charge in [-0.2, -0.15) is 0 Å². The Morgan fingerprint density at radius 1 is 1.09 bits per heavy atom. The van der Waals surface area contributed by atoms with Crippen LogP contribution in [0.1, 0.15) is 4.88 Å². The minimum Gasteiger partial charge on any atom is -0.378 e. The lowest BCUT2D eigenvalue weighted by atomic mass is 10.3. The highest BCUT2D eigenvalue weighted by molar-refractivity contribution is 7.19. The van der Waals surface area contributed by atoms with Crippen molar-refractivity contribution in [1.29, 1.82) is 0 Å². The molecule has 23 heavy (non-hydrogen) atoms. The largest absolute Gasteiger partial charge is 0.378 e. The van der Waals surface area contributed by atoms with E-state index < -0.39 is 0 Å². The fourth-order valence-electron chi connectivity index (χ4n) is 3.20. The van der Waals surface area contributed by atoms with Gasteiger partial charge in [-0.3, -0.25) is 4.90 Å². The van der Waals surface area contributed by atoms with Crippen LogP contribution in [0.25, 0.3) is 10.2 Å². The first kappa shape index (κ1) is 15.3. The molecule has 124 valence electrons. The van der Waals surface area contributed by atoms with Gasteiger partial charge in [-0.1, -0.05) is 0 Å². The first-order chi connectivity index (χ1) is 11.3. The smallest absolute Gasteiger partial charge is 0.150 e. The van der Waals surface area contributed by atoms with Crippen molar-refractivity contribution in [3.63, 3.8) is 0 Å².